The van der Waals surface area contributed by atoms with Crippen LogP contribution in [0.5, 0.6) is 0 Å². The van der Waals surface area contributed by atoms with Crippen molar-refractivity contribution in [3.8, 4) is 0 Å². The Hall–Kier alpha value is -4.90. The molecular weight excluding hydrogens is 551 g/mol. The molecule has 2 fully saturated rings. The van der Waals surface area contributed by atoms with Gasteiger partial charge in [0.2, 0.25) is 11.8 Å². The zero-order valence-corrected chi connectivity index (χ0v) is 23.4. The maximum Gasteiger partial charge on any atom is 0.272 e. The molecule has 10 nitrogen and oxygen atoms in total. The van der Waals surface area contributed by atoms with E-state index >= 15 is 0 Å². The fraction of sp³-hybridized carbons (Fsp3) is 0.281. The van der Waals surface area contributed by atoms with Gasteiger partial charge in [-0.2, -0.15) is 5.10 Å². The summed E-state index contributed by atoms with van der Waals surface area (Å²) in [4.78, 5) is 52.9. The van der Waals surface area contributed by atoms with Crippen LogP contribution in [0, 0.1) is 5.82 Å². The molecule has 0 spiro atoms. The topological polar surface area (TPSA) is 128 Å². The first-order chi connectivity index (χ1) is 20.8. The molecule has 0 saturated carbocycles. The van der Waals surface area contributed by atoms with Gasteiger partial charge in [-0.15, -0.1) is 0 Å². The van der Waals surface area contributed by atoms with Crippen LogP contribution in [-0.2, 0) is 22.6 Å². The van der Waals surface area contributed by atoms with E-state index in [-0.39, 0.29) is 28.8 Å². The van der Waals surface area contributed by atoms with E-state index in [4.69, 9.17) is 0 Å². The van der Waals surface area contributed by atoms with Gasteiger partial charge >= 0.3 is 0 Å². The number of hydrogen-bond acceptors (Lipinski definition) is 7. The largest absolute Gasteiger partial charge is 0.374 e. The molecule has 3 amide bonds. The minimum Gasteiger partial charge on any atom is -0.374 e. The Morgan fingerprint density at radius 1 is 0.930 bits per heavy atom. The van der Waals surface area contributed by atoms with Gasteiger partial charge in [0.05, 0.1) is 16.6 Å². The molecule has 4 aromatic rings. The van der Waals surface area contributed by atoms with Crippen molar-refractivity contribution in [1.82, 2.24) is 25.3 Å². The molecule has 2 saturated heterocycles. The molecular formula is C32H31FN6O4. The molecule has 43 heavy (non-hydrogen) atoms. The number of H-pyrrole nitrogens is 1. The van der Waals surface area contributed by atoms with Crippen LogP contribution in [0.2, 0.25) is 0 Å². The average molecular weight is 583 g/mol. The Morgan fingerprint density at radius 3 is 2.51 bits per heavy atom. The first kappa shape index (κ1) is 28.2. The second-order valence-electron chi connectivity index (χ2n) is 11.0. The number of aromatic amines is 1. The Kier molecular flexibility index (Phi) is 7.97. The van der Waals surface area contributed by atoms with Crippen LogP contribution in [-0.4, -0.2) is 69.9 Å². The van der Waals surface area contributed by atoms with Gasteiger partial charge in [-0.3, -0.25) is 29.4 Å². The van der Waals surface area contributed by atoms with Gasteiger partial charge in [0.1, 0.15) is 11.9 Å². The van der Waals surface area contributed by atoms with E-state index in [1.807, 2.05) is 36.4 Å². The monoisotopic (exact) mass is 582 g/mol. The van der Waals surface area contributed by atoms with Crippen LogP contribution in [0.1, 0.15) is 40.0 Å². The molecule has 1 aromatic heterocycles. The number of nitrogens with zero attached hydrogens (tertiary/aromatic N) is 3. The van der Waals surface area contributed by atoms with Crippen LogP contribution in [0.3, 0.4) is 0 Å². The number of fused-ring (bicyclic) bond motifs is 1. The maximum atomic E-state index is 14.9. The summed E-state index contributed by atoms with van der Waals surface area (Å²) in [6, 6.07) is 19.1. The highest BCUT2D eigenvalue weighted by molar-refractivity contribution is 6.01. The number of benzene rings is 3. The predicted octanol–water partition coefficient (Wildman–Crippen LogP) is 2.83. The number of halogens is 1. The molecule has 0 bridgehead atoms. The van der Waals surface area contributed by atoms with Crippen LogP contribution >= 0.6 is 0 Å². The lowest BCUT2D eigenvalue weighted by Crippen LogP contribution is -2.48. The third-order valence-corrected chi connectivity index (χ3v) is 7.98. The van der Waals surface area contributed by atoms with Gasteiger partial charge in [-0.05, 0) is 47.9 Å². The van der Waals surface area contributed by atoms with Gasteiger partial charge < -0.3 is 10.2 Å². The Labute approximate surface area is 246 Å². The van der Waals surface area contributed by atoms with E-state index < -0.39 is 11.9 Å². The van der Waals surface area contributed by atoms with Crippen molar-refractivity contribution in [3.63, 3.8) is 0 Å². The van der Waals surface area contributed by atoms with Gasteiger partial charge in [-0.25, -0.2) is 9.49 Å². The molecule has 3 heterocycles. The van der Waals surface area contributed by atoms with E-state index in [1.54, 1.807) is 29.2 Å². The number of amides is 3. The number of anilines is 1. The third-order valence-electron chi connectivity index (χ3n) is 7.98. The highest BCUT2D eigenvalue weighted by Gasteiger charge is 2.27. The molecule has 2 aliphatic rings. The lowest BCUT2D eigenvalue weighted by atomic mass is 10.0. The number of aromatic nitrogens is 2. The molecule has 1 atom stereocenters. The van der Waals surface area contributed by atoms with E-state index in [2.05, 4.69) is 25.7 Å². The second-order valence-corrected chi connectivity index (χ2v) is 11.0. The summed E-state index contributed by atoms with van der Waals surface area (Å²) in [5, 5.41) is 13.5. The molecule has 3 aromatic carbocycles. The SMILES string of the molecule is O=C1CCC(Nc2cccc(CN3CCN(C(=O)c4cc(Cc5n[nH]c(=O)c6ccccc56)ccc4F)CC3)c2)C(=O)N1. The van der Waals surface area contributed by atoms with Crippen molar-refractivity contribution < 1.29 is 18.8 Å². The Morgan fingerprint density at radius 2 is 1.72 bits per heavy atom. The Balaban J connectivity index is 1.07. The lowest BCUT2D eigenvalue weighted by molar-refractivity contribution is -0.133. The first-order valence-corrected chi connectivity index (χ1v) is 14.3. The fourth-order valence-corrected chi connectivity index (χ4v) is 5.68. The second kappa shape index (κ2) is 12.1. The van der Waals surface area contributed by atoms with Crippen LogP contribution < -0.4 is 16.2 Å². The minimum atomic E-state index is -0.573. The number of hydrogen-bond donors (Lipinski definition) is 3. The van der Waals surface area contributed by atoms with Crippen molar-refractivity contribution >= 4 is 34.2 Å². The molecule has 1 unspecified atom stereocenters. The molecule has 0 aliphatic carbocycles. The zero-order chi connectivity index (χ0) is 29.9. The van der Waals surface area contributed by atoms with Crippen molar-refractivity contribution in [2.45, 2.75) is 31.8 Å². The van der Waals surface area contributed by atoms with Crippen LogP contribution in [0.15, 0.2) is 71.5 Å². The summed E-state index contributed by atoms with van der Waals surface area (Å²) in [6.07, 6.45) is 1.10. The summed E-state index contributed by atoms with van der Waals surface area (Å²) in [6.45, 7) is 2.85. The molecule has 2 aliphatic heterocycles. The maximum absolute atomic E-state index is 14.9. The van der Waals surface area contributed by atoms with Gasteiger partial charge in [0.15, 0.2) is 0 Å². The molecule has 220 valence electrons. The standard InChI is InChI=1S/C32H31FN6O4/c33-26-9-8-20(18-28-23-6-1-2-7-24(23)30(41)37-36-28)17-25(26)32(43)39-14-12-38(13-15-39)19-21-4-3-5-22(16-21)34-27-10-11-29(40)35-31(27)42/h1-9,16-17,27,34H,10-15,18-19H2,(H,37,41)(H,35,40,42). The van der Waals surface area contributed by atoms with Gasteiger partial charge in [0, 0.05) is 56.6 Å². The van der Waals surface area contributed by atoms with Crippen molar-refractivity contribution in [2.75, 3.05) is 31.5 Å². The first-order valence-electron chi connectivity index (χ1n) is 14.3. The summed E-state index contributed by atoms with van der Waals surface area (Å²) < 4.78 is 14.9. The molecule has 11 heteroatoms. The predicted molar refractivity (Wildman–Crippen MR) is 159 cm³/mol. The van der Waals surface area contributed by atoms with Crippen molar-refractivity contribution in [1.29, 1.82) is 0 Å². The normalized spacial score (nSPS) is 17.6. The van der Waals surface area contributed by atoms with E-state index in [0.29, 0.717) is 63.1 Å². The van der Waals surface area contributed by atoms with E-state index in [1.165, 1.54) is 6.07 Å². The smallest absolute Gasteiger partial charge is 0.272 e. The molecule has 6 rings (SSSR count). The number of imide groups is 1. The third kappa shape index (κ3) is 6.31. The van der Waals surface area contributed by atoms with E-state index in [0.717, 1.165) is 22.2 Å². The van der Waals surface area contributed by atoms with Gasteiger partial charge in [-0.1, -0.05) is 36.4 Å². The minimum absolute atomic E-state index is 0.0203. The number of piperazine rings is 1. The highest BCUT2D eigenvalue weighted by Crippen LogP contribution is 2.21. The average Bonchev–Trinajstić information content (AvgIpc) is 3.01. The summed E-state index contributed by atoms with van der Waals surface area (Å²) in [5.41, 5.74) is 2.97. The van der Waals surface area contributed by atoms with E-state index in [9.17, 15) is 23.6 Å². The van der Waals surface area contributed by atoms with Crippen LogP contribution in [0.4, 0.5) is 10.1 Å². The molecule has 0 radical (unpaired) electrons. The number of nitrogens with one attached hydrogen (secondary N) is 3. The number of carbonyl (C=O) groups is 3. The van der Waals surface area contributed by atoms with Crippen molar-refractivity contribution in [2.24, 2.45) is 0 Å². The zero-order valence-electron chi connectivity index (χ0n) is 23.4. The molecule has 3 N–H and O–H groups in total. The number of carbonyl (C=O) groups excluding carboxylic acids is 3. The number of piperidine rings is 1. The fourth-order valence-electron chi connectivity index (χ4n) is 5.68. The van der Waals surface area contributed by atoms with Gasteiger partial charge in [0.25, 0.3) is 11.5 Å². The summed E-state index contributed by atoms with van der Waals surface area (Å²) >= 11 is 0. The Bertz CT molecular complexity index is 1760. The lowest BCUT2D eigenvalue weighted by Gasteiger charge is -2.35. The summed E-state index contributed by atoms with van der Waals surface area (Å²) in [5.74, 6) is -1.49. The van der Waals surface area contributed by atoms with Crippen molar-refractivity contribution in [3.05, 3.63) is 105 Å². The number of rotatable bonds is 7. The summed E-state index contributed by atoms with van der Waals surface area (Å²) in [7, 11) is 0. The highest BCUT2D eigenvalue weighted by atomic mass is 19.1. The van der Waals surface area contributed by atoms with Crippen LogP contribution in [0.25, 0.3) is 10.8 Å². The quantitative estimate of drug-likeness (QED) is 0.286.